The number of piperidine rings is 1. The standard InChI is InChI=1S/C32H35N5O4S/c38-31(23-35-42(40,41)30-11-10-25-8-4-5-9-27(25)21-30)36-28(20-24-6-2-1-3-7-24)22-34-32(39)26-14-18-37(19-15-26)29-12-16-33-17-13-29/h1-13,16-17,21,26,28,35H,14-15,18-20,22-23H2,(H,34,39)(H,36,38). The van der Waals surface area contributed by atoms with Crippen molar-refractivity contribution in [2.45, 2.75) is 30.2 Å². The summed E-state index contributed by atoms with van der Waals surface area (Å²) in [4.78, 5) is 32.4. The summed E-state index contributed by atoms with van der Waals surface area (Å²) in [6.45, 7) is 1.39. The van der Waals surface area contributed by atoms with E-state index in [1.165, 1.54) is 6.07 Å². The van der Waals surface area contributed by atoms with Crippen LogP contribution in [0.25, 0.3) is 10.8 Å². The first kappa shape index (κ1) is 29.2. The Bertz CT molecular complexity index is 1610. The molecule has 42 heavy (non-hydrogen) atoms. The average Bonchev–Trinajstić information content (AvgIpc) is 3.03. The number of sulfonamides is 1. The summed E-state index contributed by atoms with van der Waals surface area (Å²) < 4.78 is 28.2. The van der Waals surface area contributed by atoms with Gasteiger partial charge in [-0.15, -0.1) is 0 Å². The fourth-order valence-corrected chi connectivity index (χ4v) is 6.27. The lowest BCUT2D eigenvalue weighted by Gasteiger charge is -2.33. The van der Waals surface area contributed by atoms with Crippen LogP contribution in [-0.4, -0.2) is 57.4 Å². The largest absolute Gasteiger partial charge is 0.371 e. The number of amides is 2. The smallest absolute Gasteiger partial charge is 0.241 e. The molecule has 2 heterocycles. The highest BCUT2D eigenvalue weighted by Crippen LogP contribution is 2.23. The molecule has 0 aliphatic carbocycles. The molecule has 4 aromatic rings. The van der Waals surface area contributed by atoms with E-state index in [2.05, 4.69) is 25.2 Å². The minimum absolute atomic E-state index is 0.0336. The Morgan fingerprint density at radius 3 is 2.31 bits per heavy atom. The van der Waals surface area contributed by atoms with Gasteiger partial charge in [-0.05, 0) is 59.9 Å². The number of nitrogens with zero attached hydrogens (tertiary/aromatic N) is 2. The molecule has 3 aromatic carbocycles. The van der Waals surface area contributed by atoms with Crippen LogP contribution < -0.4 is 20.3 Å². The molecule has 10 heteroatoms. The second-order valence-corrected chi connectivity index (χ2v) is 12.3. The van der Waals surface area contributed by atoms with E-state index in [-0.39, 0.29) is 23.3 Å². The molecule has 0 saturated carbocycles. The fourth-order valence-electron chi connectivity index (χ4n) is 5.25. The lowest BCUT2D eigenvalue weighted by atomic mass is 9.95. The first-order valence-electron chi connectivity index (χ1n) is 14.1. The molecule has 1 aromatic heterocycles. The molecule has 1 aliphatic heterocycles. The first-order valence-corrected chi connectivity index (χ1v) is 15.6. The zero-order chi connectivity index (χ0) is 29.4. The topological polar surface area (TPSA) is 120 Å². The molecule has 0 spiro atoms. The van der Waals surface area contributed by atoms with E-state index in [4.69, 9.17) is 0 Å². The Kier molecular flexibility index (Phi) is 9.45. The number of fused-ring (bicyclic) bond motifs is 1. The van der Waals surface area contributed by atoms with Crippen molar-refractivity contribution in [3.63, 3.8) is 0 Å². The zero-order valence-corrected chi connectivity index (χ0v) is 24.1. The molecule has 1 atom stereocenters. The normalized spacial score (nSPS) is 14.8. The Labute approximate surface area is 246 Å². The number of carbonyl (C=O) groups excluding carboxylic acids is 2. The number of pyridine rings is 1. The van der Waals surface area contributed by atoms with E-state index in [0.717, 1.165) is 48.0 Å². The second-order valence-electron chi connectivity index (χ2n) is 10.5. The quantitative estimate of drug-likeness (QED) is 0.249. The monoisotopic (exact) mass is 585 g/mol. The molecule has 1 unspecified atom stereocenters. The van der Waals surface area contributed by atoms with Crippen LogP contribution >= 0.6 is 0 Å². The van der Waals surface area contributed by atoms with Crippen molar-refractivity contribution < 1.29 is 18.0 Å². The van der Waals surface area contributed by atoms with Gasteiger partial charge in [-0.1, -0.05) is 60.7 Å². The van der Waals surface area contributed by atoms with E-state index in [1.54, 1.807) is 24.5 Å². The number of anilines is 1. The van der Waals surface area contributed by atoms with E-state index < -0.39 is 28.5 Å². The predicted octanol–water partition coefficient (Wildman–Crippen LogP) is 3.27. The average molecular weight is 586 g/mol. The highest BCUT2D eigenvalue weighted by molar-refractivity contribution is 7.89. The van der Waals surface area contributed by atoms with Crippen LogP contribution in [0.2, 0.25) is 0 Å². The van der Waals surface area contributed by atoms with Gasteiger partial charge in [0, 0.05) is 43.6 Å². The van der Waals surface area contributed by atoms with E-state index in [9.17, 15) is 18.0 Å². The summed E-state index contributed by atoms with van der Waals surface area (Å²) in [7, 11) is -3.89. The van der Waals surface area contributed by atoms with E-state index in [0.29, 0.717) is 6.42 Å². The van der Waals surface area contributed by atoms with E-state index >= 15 is 0 Å². The maximum Gasteiger partial charge on any atom is 0.241 e. The lowest BCUT2D eigenvalue weighted by molar-refractivity contribution is -0.126. The van der Waals surface area contributed by atoms with Crippen molar-refractivity contribution in [3.05, 3.63) is 103 Å². The molecule has 1 saturated heterocycles. The highest BCUT2D eigenvalue weighted by atomic mass is 32.2. The molecule has 3 N–H and O–H groups in total. The van der Waals surface area contributed by atoms with Gasteiger partial charge in [0.1, 0.15) is 0 Å². The number of nitrogens with one attached hydrogen (secondary N) is 3. The van der Waals surface area contributed by atoms with Gasteiger partial charge in [-0.25, -0.2) is 13.1 Å². The number of hydrogen-bond donors (Lipinski definition) is 3. The van der Waals surface area contributed by atoms with Crippen LogP contribution in [0.15, 0.2) is 102 Å². The Morgan fingerprint density at radius 1 is 0.881 bits per heavy atom. The molecule has 2 amide bonds. The highest BCUT2D eigenvalue weighted by Gasteiger charge is 2.26. The summed E-state index contributed by atoms with van der Waals surface area (Å²) >= 11 is 0. The minimum Gasteiger partial charge on any atom is -0.371 e. The van der Waals surface area contributed by atoms with Crippen LogP contribution in [-0.2, 0) is 26.0 Å². The number of carbonyl (C=O) groups is 2. The van der Waals surface area contributed by atoms with Crippen molar-refractivity contribution >= 4 is 38.3 Å². The third-order valence-corrected chi connectivity index (χ3v) is 8.96. The maximum atomic E-state index is 13.0. The van der Waals surface area contributed by atoms with Gasteiger partial charge in [-0.3, -0.25) is 14.6 Å². The van der Waals surface area contributed by atoms with E-state index in [1.807, 2.05) is 66.7 Å². The van der Waals surface area contributed by atoms with Crippen molar-refractivity contribution in [1.29, 1.82) is 0 Å². The summed E-state index contributed by atoms with van der Waals surface area (Å²) in [5, 5.41) is 7.67. The summed E-state index contributed by atoms with van der Waals surface area (Å²) in [6, 6.07) is 25.5. The zero-order valence-electron chi connectivity index (χ0n) is 23.3. The molecule has 1 fully saturated rings. The fraction of sp³-hybridized carbons (Fsp3) is 0.281. The number of aromatic nitrogens is 1. The van der Waals surface area contributed by atoms with Crippen molar-refractivity contribution in [2.75, 3.05) is 31.1 Å². The molecule has 5 rings (SSSR count). The molecular formula is C32H35N5O4S. The number of rotatable bonds is 11. The van der Waals surface area contributed by atoms with Crippen LogP contribution in [0, 0.1) is 5.92 Å². The molecular weight excluding hydrogens is 550 g/mol. The molecule has 218 valence electrons. The van der Waals surface area contributed by atoms with Crippen molar-refractivity contribution in [2.24, 2.45) is 5.92 Å². The lowest BCUT2D eigenvalue weighted by Crippen LogP contribution is -2.49. The third-order valence-electron chi connectivity index (χ3n) is 7.56. The Balaban J connectivity index is 1.16. The van der Waals surface area contributed by atoms with Crippen molar-refractivity contribution in [1.82, 2.24) is 20.3 Å². The molecule has 0 radical (unpaired) electrons. The summed E-state index contributed by atoms with van der Waals surface area (Å²) in [5.41, 5.74) is 2.10. The second kappa shape index (κ2) is 13.6. The van der Waals surface area contributed by atoms with Gasteiger partial charge in [0.05, 0.1) is 17.5 Å². The van der Waals surface area contributed by atoms with Gasteiger partial charge in [0.2, 0.25) is 21.8 Å². The Morgan fingerprint density at radius 2 is 1.57 bits per heavy atom. The molecule has 9 nitrogen and oxygen atoms in total. The van der Waals surface area contributed by atoms with Crippen LogP contribution in [0.4, 0.5) is 5.69 Å². The summed E-state index contributed by atoms with van der Waals surface area (Å²) in [6.07, 6.45) is 5.50. The predicted molar refractivity (Wildman–Crippen MR) is 163 cm³/mol. The van der Waals surface area contributed by atoms with Gasteiger partial charge >= 0.3 is 0 Å². The number of hydrogen-bond acceptors (Lipinski definition) is 6. The summed E-state index contributed by atoms with van der Waals surface area (Å²) in [5.74, 6) is -0.612. The first-order chi connectivity index (χ1) is 20.4. The van der Waals surface area contributed by atoms with Gasteiger partial charge in [0.15, 0.2) is 0 Å². The third kappa shape index (κ3) is 7.71. The van der Waals surface area contributed by atoms with Gasteiger partial charge < -0.3 is 15.5 Å². The molecule has 1 aliphatic rings. The van der Waals surface area contributed by atoms with Gasteiger partial charge in [0.25, 0.3) is 0 Å². The Hall–Kier alpha value is -4.28. The van der Waals surface area contributed by atoms with Crippen LogP contribution in [0.1, 0.15) is 18.4 Å². The SMILES string of the molecule is O=C(CNS(=O)(=O)c1ccc2ccccc2c1)NC(CNC(=O)C1CCN(c2ccncc2)CC1)Cc1ccccc1. The number of benzene rings is 3. The van der Waals surface area contributed by atoms with Crippen LogP contribution in [0.5, 0.6) is 0 Å². The van der Waals surface area contributed by atoms with Crippen molar-refractivity contribution in [3.8, 4) is 0 Å². The minimum atomic E-state index is -3.89. The van der Waals surface area contributed by atoms with Crippen LogP contribution in [0.3, 0.4) is 0 Å². The maximum absolute atomic E-state index is 13.0. The van der Waals surface area contributed by atoms with Gasteiger partial charge in [-0.2, -0.15) is 0 Å². The molecule has 0 bridgehead atoms.